The van der Waals surface area contributed by atoms with Crippen molar-refractivity contribution in [2.75, 3.05) is 5.32 Å². The fourth-order valence-electron chi connectivity index (χ4n) is 5.87. The number of halogens is 6. The molecule has 2 aromatic heterocycles. The molecule has 230 valence electrons. The van der Waals surface area contributed by atoms with Crippen molar-refractivity contribution >= 4 is 35.6 Å². The highest BCUT2D eigenvalue weighted by atomic mass is 35.5. The molecule has 43 heavy (non-hydrogen) atoms. The van der Waals surface area contributed by atoms with Crippen LogP contribution in [0.5, 0.6) is 0 Å². The van der Waals surface area contributed by atoms with E-state index >= 15 is 0 Å². The highest BCUT2D eigenvalue weighted by Gasteiger charge is 2.59. The van der Waals surface area contributed by atoms with Gasteiger partial charge in [0, 0.05) is 31.4 Å². The van der Waals surface area contributed by atoms with E-state index in [1.54, 1.807) is 0 Å². The summed E-state index contributed by atoms with van der Waals surface area (Å²) in [6.45, 7) is -0.250. The second-order valence-corrected chi connectivity index (χ2v) is 11.2. The Hall–Kier alpha value is -4.01. The number of rotatable bonds is 6. The molecule has 3 saturated carbocycles. The third kappa shape index (κ3) is 5.94. The lowest BCUT2D eigenvalue weighted by molar-refractivity contribution is -0.141. The molecule has 3 N–H and O–H groups in total. The second-order valence-electron chi connectivity index (χ2n) is 10.8. The fourth-order valence-corrected chi connectivity index (χ4v) is 6.14. The molecule has 3 aliphatic rings. The predicted octanol–water partition coefficient (Wildman–Crippen LogP) is 5.41. The second kappa shape index (κ2) is 11.2. The Morgan fingerprint density at radius 3 is 2.51 bits per heavy atom. The Morgan fingerprint density at radius 2 is 1.91 bits per heavy atom. The summed E-state index contributed by atoms with van der Waals surface area (Å²) in [6, 6.07) is 3.06. The van der Waals surface area contributed by atoms with Crippen LogP contribution in [0.1, 0.15) is 64.8 Å². The van der Waals surface area contributed by atoms with Gasteiger partial charge in [-0.25, -0.2) is 13.8 Å². The van der Waals surface area contributed by atoms with E-state index < -0.39 is 41.7 Å². The summed E-state index contributed by atoms with van der Waals surface area (Å²) in [5.74, 6) is -3.21. The molecule has 0 spiro atoms. The van der Waals surface area contributed by atoms with Gasteiger partial charge in [-0.2, -0.15) is 18.3 Å². The van der Waals surface area contributed by atoms with Crippen LogP contribution in [0.4, 0.5) is 27.6 Å². The van der Waals surface area contributed by atoms with Crippen molar-refractivity contribution in [2.45, 2.75) is 56.3 Å². The number of carboxylic acid groups (broad SMARTS) is 1. The quantitative estimate of drug-likeness (QED) is 0.247. The molecule has 3 aromatic rings. The summed E-state index contributed by atoms with van der Waals surface area (Å²) in [4.78, 5) is 38.0. The van der Waals surface area contributed by atoms with Crippen LogP contribution in [-0.2, 0) is 18.0 Å². The standard InChI is InChI=1S/C26H24ClF5N6O2.CH2O2/c1-37-19(16-11-38(20-9-25(20,28)29)36-21(16)26(30,31)32)10-33-22(37)24(40)34-13-5-6-15(17(27)8-13)23(39)35-18-7-12-3-2-4-14(12)18;2-1-3/h5-6,8,10-12,14,18,20H,2-4,7,9H2,1H3,(H,34,40)(H,35,39);1H,(H,2,3). The number of fused-ring (bicyclic) bond motifs is 1. The lowest BCUT2D eigenvalue weighted by Gasteiger charge is -2.41. The van der Waals surface area contributed by atoms with Gasteiger partial charge in [0.1, 0.15) is 6.04 Å². The first-order valence-electron chi connectivity index (χ1n) is 13.3. The Kier molecular flexibility index (Phi) is 7.96. The molecule has 3 aliphatic carbocycles. The summed E-state index contributed by atoms with van der Waals surface area (Å²) >= 11 is 6.34. The number of carbonyl (C=O) groups is 3. The minimum Gasteiger partial charge on any atom is -0.483 e. The van der Waals surface area contributed by atoms with Crippen molar-refractivity contribution in [1.29, 1.82) is 0 Å². The van der Waals surface area contributed by atoms with Gasteiger partial charge in [-0.3, -0.25) is 19.1 Å². The van der Waals surface area contributed by atoms with Gasteiger partial charge in [0.15, 0.2) is 11.5 Å². The monoisotopic (exact) mass is 628 g/mol. The average molecular weight is 629 g/mol. The number of hydrogen-bond acceptors (Lipinski definition) is 5. The van der Waals surface area contributed by atoms with E-state index in [0.717, 1.165) is 29.8 Å². The van der Waals surface area contributed by atoms with Crippen LogP contribution < -0.4 is 10.6 Å². The van der Waals surface area contributed by atoms with Crippen molar-refractivity contribution in [3.8, 4) is 11.3 Å². The number of benzene rings is 1. The molecule has 0 saturated heterocycles. The summed E-state index contributed by atoms with van der Waals surface area (Å²) in [6.07, 6.45) is 0.886. The zero-order valence-corrected chi connectivity index (χ0v) is 23.3. The number of anilines is 1. The number of hydrogen-bond donors (Lipinski definition) is 3. The van der Waals surface area contributed by atoms with E-state index in [1.807, 2.05) is 0 Å². The molecule has 0 bridgehead atoms. The van der Waals surface area contributed by atoms with Crippen LogP contribution in [0.15, 0.2) is 30.6 Å². The van der Waals surface area contributed by atoms with E-state index in [1.165, 1.54) is 38.1 Å². The molecule has 10 nitrogen and oxygen atoms in total. The van der Waals surface area contributed by atoms with Crippen molar-refractivity contribution in [3.63, 3.8) is 0 Å². The summed E-state index contributed by atoms with van der Waals surface area (Å²) < 4.78 is 69.7. The van der Waals surface area contributed by atoms with E-state index in [0.29, 0.717) is 16.5 Å². The normalized spacial score (nSPS) is 23.3. The van der Waals surface area contributed by atoms with E-state index in [4.69, 9.17) is 21.5 Å². The Morgan fingerprint density at radius 1 is 1.21 bits per heavy atom. The molecule has 1 aromatic carbocycles. The van der Waals surface area contributed by atoms with Gasteiger partial charge in [-0.05, 0) is 42.9 Å². The molecule has 16 heteroatoms. The largest absolute Gasteiger partial charge is 0.483 e. The van der Waals surface area contributed by atoms with Crippen LogP contribution in [0.2, 0.25) is 5.02 Å². The summed E-state index contributed by atoms with van der Waals surface area (Å²) in [5, 5.41) is 16.0. The summed E-state index contributed by atoms with van der Waals surface area (Å²) in [7, 11) is 1.33. The Labute approximate surface area is 246 Å². The average Bonchev–Trinajstić information content (AvgIpc) is 3.30. The van der Waals surface area contributed by atoms with E-state index in [2.05, 4.69) is 20.7 Å². The zero-order chi connectivity index (χ0) is 31.3. The first-order chi connectivity index (χ1) is 20.2. The first kappa shape index (κ1) is 30.4. The third-order valence-electron chi connectivity index (χ3n) is 8.16. The molecule has 6 rings (SSSR count). The lowest BCUT2D eigenvalue weighted by atomic mass is 9.71. The van der Waals surface area contributed by atoms with Crippen molar-refractivity contribution < 1.29 is 41.4 Å². The van der Waals surface area contributed by atoms with Gasteiger partial charge in [0.25, 0.3) is 24.2 Å². The van der Waals surface area contributed by atoms with Gasteiger partial charge in [-0.1, -0.05) is 24.4 Å². The SMILES string of the molecule is Cn1c(-c2cn(C3CC3(F)F)nc2C(F)(F)F)cnc1C(=O)Nc1ccc(C(=O)NC2CC3CCCC32)c(Cl)c1.O=CO. The van der Waals surface area contributed by atoms with E-state index in [9.17, 15) is 31.5 Å². The van der Waals surface area contributed by atoms with Crippen LogP contribution in [0.3, 0.4) is 0 Å². The third-order valence-corrected chi connectivity index (χ3v) is 8.47. The highest BCUT2D eigenvalue weighted by Crippen LogP contribution is 2.53. The number of carbonyl (C=O) groups excluding carboxylic acids is 2. The van der Waals surface area contributed by atoms with Gasteiger partial charge >= 0.3 is 6.18 Å². The number of nitrogens with zero attached hydrogens (tertiary/aromatic N) is 4. The maximum atomic E-state index is 13.7. The smallest absolute Gasteiger partial charge is 0.435 e. The van der Waals surface area contributed by atoms with Crippen LogP contribution >= 0.6 is 11.6 Å². The Bertz CT molecular complexity index is 1570. The molecule has 4 atom stereocenters. The minimum absolute atomic E-state index is 0.122. The van der Waals surface area contributed by atoms with E-state index in [-0.39, 0.29) is 46.2 Å². The fraction of sp³-hybridized carbons (Fsp3) is 0.444. The number of imidazole rings is 1. The van der Waals surface area contributed by atoms with Crippen molar-refractivity contribution in [3.05, 3.63) is 52.7 Å². The van der Waals surface area contributed by atoms with Crippen LogP contribution in [0, 0.1) is 11.8 Å². The highest BCUT2D eigenvalue weighted by molar-refractivity contribution is 6.34. The van der Waals surface area contributed by atoms with Crippen LogP contribution in [0.25, 0.3) is 11.3 Å². The van der Waals surface area contributed by atoms with Crippen molar-refractivity contribution in [2.24, 2.45) is 18.9 Å². The van der Waals surface area contributed by atoms with Gasteiger partial charge < -0.3 is 20.3 Å². The molecule has 0 aliphatic heterocycles. The zero-order valence-electron chi connectivity index (χ0n) is 22.5. The van der Waals surface area contributed by atoms with Gasteiger partial charge in [0.2, 0.25) is 0 Å². The number of aromatic nitrogens is 4. The number of alkyl halides is 5. The number of nitrogens with one attached hydrogen (secondary N) is 2. The molecule has 3 fully saturated rings. The van der Waals surface area contributed by atoms with Crippen LogP contribution in [-0.4, -0.2) is 54.7 Å². The lowest BCUT2D eigenvalue weighted by Crippen LogP contribution is -2.50. The molecule has 2 amide bonds. The van der Waals surface area contributed by atoms with Gasteiger partial charge in [0.05, 0.1) is 28.0 Å². The molecular weight excluding hydrogens is 603 g/mol. The predicted molar refractivity (Wildman–Crippen MR) is 143 cm³/mol. The Balaban J connectivity index is 0.00000118. The minimum atomic E-state index is -4.92. The molecule has 4 unspecified atom stereocenters. The summed E-state index contributed by atoms with van der Waals surface area (Å²) in [5.41, 5.74) is -1.44. The van der Waals surface area contributed by atoms with Gasteiger partial charge in [-0.15, -0.1) is 0 Å². The maximum absolute atomic E-state index is 13.7. The molecule has 0 radical (unpaired) electrons. The maximum Gasteiger partial charge on any atom is 0.435 e. The number of amides is 2. The first-order valence-corrected chi connectivity index (χ1v) is 13.7. The van der Waals surface area contributed by atoms with Crippen molar-refractivity contribution in [1.82, 2.24) is 24.6 Å². The molecule has 2 heterocycles. The molecular formula is C27H26ClF5N6O4. The topological polar surface area (TPSA) is 131 Å².